The van der Waals surface area contributed by atoms with Crippen LogP contribution < -0.4 is 5.32 Å². The topological polar surface area (TPSA) is 12.0 Å². The van der Waals surface area contributed by atoms with E-state index < -0.39 is 0 Å². The maximum atomic E-state index is 3.40. The molecule has 1 aromatic rings. The van der Waals surface area contributed by atoms with Crippen molar-refractivity contribution in [2.75, 3.05) is 7.05 Å². The molecule has 0 spiro atoms. The second-order valence-corrected chi connectivity index (χ2v) is 7.26. The first-order valence-corrected chi connectivity index (χ1v) is 7.87. The molecule has 0 atom stereocenters. The van der Waals surface area contributed by atoms with Crippen molar-refractivity contribution in [2.24, 2.45) is 0 Å². The molecular weight excluding hydrogens is 230 g/mol. The Kier molecular flexibility index (Phi) is 3.21. The molecule has 0 unspecified atom stereocenters. The Morgan fingerprint density at radius 2 is 1.32 bits per heavy atom. The third-order valence-corrected chi connectivity index (χ3v) is 4.87. The lowest BCUT2D eigenvalue weighted by Crippen LogP contribution is -2.20. The van der Waals surface area contributed by atoms with Crippen LogP contribution in [0.1, 0.15) is 67.0 Å². The van der Waals surface area contributed by atoms with Gasteiger partial charge in [0, 0.05) is 6.54 Å². The highest BCUT2D eigenvalue weighted by Gasteiger charge is 2.32. The monoisotopic (exact) mass is 257 g/mol. The quantitative estimate of drug-likeness (QED) is 0.852. The molecule has 0 aliphatic heterocycles. The smallest absolute Gasteiger partial charge is 0.0208 e. The van der Waals surface area contributed by atoms with E-state index in [0.29, 0.717) is 5.41 Å². The summed E-state index contributed by atoms with van der Waals surface area (Å²) in [7, 11) is 2.08. The molecule has 0 aromatic heterocycles. The average molecular weight is 257 g/mol. The molecule has 0 bridgehead atoms. The van der Waals surface area contributed by atoms with Crippen LogP contribution in [0.3, 0.4) is 0 Å². The third-order valence-electron chi connectivity index (χ3n) is 4.87. The normalized spacial score (nSPS) is 17.7. The van der Waals surface area contributed by atoms with E-state index in [1.807, 2.05) is 0 Å². The lowest BCUT2D eigenvalue weighted by Gasteiger charge is -2.29. The van der Waals surface area contributed by atoms with Crippen LogP contribution in [0, 0.1) is 0 Å². The lowest BCUT2D eigenvalue weighted by molar-refractivity contribution is 0.576. The summed E-state index contributed by atoms with van der Waals surface area (Å²) < 4.78 is 0. The van der Waals surface area contributed by atoms with Crippen molar-refractivity contribution in [2.45, 2.75) is 71.3 Å². The summed E-state index contributed by atoms with van der Waals surface area (Å²) in [5, 5.41) is 3.40. The number of hydrogen-bond acceptors (Lipinski definition) is 1. The van der Waals surface area contributed by atoms with E-state index in [1.54, 1.807) is 33.4 Å². The van der Waals surface area contributed by atoms with Gasteiger partial charge in [0.05, 0.1) is 0 Å². The van der Waals surface area contributed by atoms with E-state index in [0.717, 1.165) is 6.54 Å². The van der Waals surface area contributed by atoms with Crippen LogP contribution in [0.5, 0.6) is 0 Å². The minimum atomic E-state index is 0.307. The van der Waals surface area contributed by atoms with Gasteiger partial charge in [-0.25, -0.2) is 0 Å². The Morgan fingerprint density at radius 3 is 1.74 bits per heavy atom. The minimum absolute atomic E-state index is 0.307. The molecule has 0 radical (unpaired) electrons. The highest BCUT2D eigenvalue weighted by atomic mass is 14.8. The van der Waals surface area contributed by atoms with Gasteiger partial charge >= 0.3 is 0 Å². The zero-order valence-electron chi connectivity index (χ0n) is 12.9. The average Bonchev–Trinajstić information content (AvgIpc) is 2.94. The molecule has 1 nitrogen and oxygen atoms in total. The Bertz CT molecular complexity index is 470. The fourth-order valence-electron chi connectivity index (χ4n) is 4.37. The Hall–Kier alpha value is -0.820. The summed E-state index contributed by atoms with van der Waals surface area (Å²) in [6.45, 7) is 8.26. The van der Waals surface area contributed by atoms with Crippen LogP contribution in [-0.2, 0) is 37.6 Å². The van der Waals surface area contributed by atoms with E-state index in [1.165, 1.54) is 38.5 Å². The molecule has 0 heterocycles. The molecule has 1 aromatic carbocycles. The van der Waals surface area contributed by atoms with Crippen LogP contribution in [0.25, 0.3) is 0 Å². The molecule has 0 saturated carbocycles. The molecule has 0 fully saturated rings. The summed E-state index contributed by atoms with van der Waals surface area (Å²) in [5.41, 5.74) is 10.5. The van der Waals surface area contributed by atoms with Gasteiger partial charge in [-0.1, -0.05) is 20.8 Å². The number of benzene rings is 1. The first kappa shape index (κ1) is 13.2. The van der Waals surface area contributed by atoms with E-state index in [9.17, 15) is 0 Å². The van der Waals surface area contributed by atoms with Crippen molar-refractivity contribution in [3.05, 3.63) is 33.4 Å². The summed E-state index contributed by atoms with van der Waals surface area (Å²) in [6, 6.07) is 0. The molecule has 19 heavy (non-hydrogen) atoms. The first-order valence-electron chi connectivity index (χ1n) is 7.87. The molecular formula is C18H27N. The summed E-state index contributed by atoms with van der Waals surface area (Å²) in [5.74, 6) is 0. The second-order valence-electron chi connectivity index (χ2n) is 7.26. The standard InChI is InChI=1S/C18H27N/c1-18(2,3)17-14-9-5-7-12(14)16(11-19-4)13-8-6-10-15(13)17/h19H,5-11H2,1-4H3. The van der Waals surface area contributed by atoms with Crippen LogP contribution in [-0.4, -0.2) is 7.05 Å². The Balaban J connectivity index is 2.28. The van der Waals surface area contributed by atoms with Crippen molar-refractivity contribution in [1.82, 2.24) is 5.32 Å². The highest BCUT2D eigenvalue weighted by Crippen LogP contribution is 2.43. The molecule has 2 aliphatic rings. The van der Waals surface area contributed by atoms with E-state index >= 15 is 0 Å². The number of fused-ring (bicyclic) bond motifs is 2. The highest BCUT2D eigenvalue weighted by molar-refractivity contribution is 5.57. The van der Waals surface area contributed by atoms with E-state index in [2.05, 4.69) is 33.1 Å². The van der Waals surface area contributed by atoms with Gasteiger partial charge in [-0.05, 0) is 84.4 Å². The zero-order valence-corrected chi connectivity index (χ0v) is 12.9. The van der Waals surface area contributed by atoms with Crippen LogP contribution in [0.2, 0.25) is 0 Å². The van der Waals surface area contributed by atoms with Gasteiger partial charge in [-0.3, -0.25) is 0 Å². The van der Waals surface area contributed by atoms with Crippen LogP contribution in [0.15, 0.2) is 0 Å². The SMILES string of the molecule is CNCc1c2c(c(C(C)(C)C)c3c1CCC3)CCC2. The van der Waals surface area contributed by atoms with Crippen LogP contribution in [0.4, 0.5) is 0 Å². The largest absolute Gasteiger partial charge is 0.316 e. The summed E-state index contributed by atoms with van der Waals surface area (Å²) in [4.78, 5) is 0. The van der Waals surface area contributed by atoms with Gasteiger partial charge in [-0.15, -0.1) is 0 Å². The van der Waals surface area contributed by atoms with Crippen LogP contribution >= 0.6 is 0 Å². The van der Waals surface area contributed by atoms with Gasteiger partial charge in [0.2, 0.25) is 0 Å². The van der Waals surface area contributed by atoms with Crippen molar-refractivity contribution in [1.29, 1.82) is 0 Å². The number of hydrogen-bond donors (Lipinski definition) is 1. The van der Waals surface area contributed by atoms with Crippen molar-refractivity contribution >= 4 is 0 Å². The van der Waals surface area contributed by atoms with Crippen molar-refractivity contribution < 1.29 is 0 Å². The number of nitrogens with one attached hydrogen (secondary N) is 1. The lowest BCUT2D eigenvalue weighted by atomic mass is 9.76. The van der Waals surface area contributed by atoms with E-state index in [-0.39, 0.29) is 0 Å². The van der Waals surface area contributed by atoms with Gasteiger partial charge in [0.15, 0.2) is 0 Å². The maximum absolute atomic E-state index is 3.40. The second kappa shape index (κ2) is 4.63. The first-order chi connectivity index (χ1) is 9.04. The fourth-order valence-corrected chi connectivity index (χ4v) is 4.37. The minimum Gasteiger partial charge on any atom is -0.316 e. The van der Waals surface area contributed by atoms with Crippen molar-refractivity contribution in [3.63, 3.8) is 0 Å². The van der Waals surface area contributed by atoms with E-state index in [4.69, 9.17) is 0 Å². The number of rotatable bonds is 2. The zero-order chi connectivity index (χ0) is 13.6. The molecule has 3 rings (SSSR count). The van der Waals surface area contributed by atoms with Gasteiger partial charge in [0.1, 0.15) is 0 Å². The summed E-state index contributed by atoms with van der Waals surface area (Å²) >= 11 is 0. The Labute approximate surface area is 117 Å². The molecule has 1 N–H and O–H groups in total. The predicted octanol–water partition coefficient (Wildman–Crippen LogP) is 3.68. The summed E-state index contributed by atoms with van der Waals surface area (Å²) in [6.07, 6.45) is 7.96. The van der Waals surface area contributed by atoms with Crippen molar-refractivity contribution in [3.8, 4) is 0 Å². The molecule has 104 valence electrons. The molecule has 0 saturated heterocycles. The van der Waals surface area contributed by atoms with Gasteiger partial charge < -0.3 is 5.32 Å². The molecule has 2 aliphatic carbocycles. The molecule has 1 heteroatoms. The predicted molar refractivity (Wildman–Crippen MR) is 82.0 cm³/mol. The van der Waals surface area contributed by atoms with Gasteiger partial charge in [-0.2, -0.15) is 0 Å². The molecule has 0 amide bonds. The fraction of sp³-hybridized carbons (Fsp3) is 0.667. The third kappa shape index (κ3) is 2.03. The Morgan fingerprint density at radius 1 is 0.842 bits per heavy atom. The van der Waals surface area contributed by atoms with Gasteiger partial charge in [0.25, 0.3) is 0 Å². The maximum Gasteiger partial charge on any atom is 0.0208 e.